The second kappa shape index (κ2) is 15.3. The number of carbonyl (C=O) groups is 4. The normalized spacial score (nSPS) is 12.9. The summed E-state index contributed by atoms with van der Waals surface area (Å²) in [4.78, 5) is 56.4. The van der Waals surface area contributed by atoms with E-state index in [0.29, 0.717) is 5.56 Å². The zero-order valence-corrected chi connectivity index (χ0v) is 26.9. The molecule has 1 unspecified atom stereocenters. The number of ether oxygens (including phenoxy) is 3. The predicted octanol–water partition coefficient (Wildman–Crippen LogP) is 4.29. The van der Waals surface area contributed by atoms with E-state index in [-0.39, 0.29) is 25.6 Å². The Kier molecular flexibility index (Phi) is 11.9. The van der Waals surface area contributed by atoms with Crippen molar-refractivity contribution < 1.29 is 33.4 Å². The highest BCUT2D eigenvalue weighted by Gasteiger charge is 2.35. The number of esters is 1. The van der Waals surface area contributed by atoms with E-state index in [1.165, 1.54) is 26.4 Å². The molecular weight excluding hydrogens is 578 g/mol. The van der Waals surface area contributed by atoms with Crippen molar-refractivity contribution in [3.05, 3.63) is 83.8 Å². The largest absolute Gasteiger partial charge is 0.464 e. The molecule has 0 aliphatic heterocycles. The van der Waals surface area contributed by atoms with Gasteiger partial charge >= 0.3 is 12.1 Å². The van der Waals surface area contributed by atoms with Crippen LogP contribution in [0.3, 0.4) is 0 Å². The minimum atomic E-state index is -1.43. The number of imidazole rings is 1. The number of benzene rings is 2. The standard InChI is InChI=1S/C33H43N5O7/c1-8-44-29(40)27(24-16-12-13-22(2)17-24)38-18-26(34-21-38)36-28(39)25(20-43-19-23-14-10-9-11-15-23)35-30(41)33(6,7)37-31(42)45-32(3,4)5/h9-18,21,25,27H,8,19-20H2,1-7H3,(H,35,41)(H,36,39)(H,37,42)/t25-,27?/m1/s1. The van der Waals surface area contributed by atoms with Crippen LogP contribution in [0.15, 0.2) is 67.1 Å². The van der Waals surface area contributed by atoms with E-state index < -0.39 is 47.1 Å². The lowest BCUT2D eigenvalue weighted by Gasteiger charge is -2.29. The Labute approximate surface area is 263 Å². The van der Waals surface area contributed by atoms with Crippen LogP contribution in [-0.4, -0.2) is 63.8 Å². The van der Waals surface area contributed by atoms with E-state index in [0.717, 1.165) is 11.1 Å². The SMILES string of the molecule is CCOC(=O)C(c1cccc(C)c1)n1cnc(NC(=O)[C@@H](COCc2ccccc2)NC(=O)C(C)(C)NC(=O)OC(C)(C)C)c1. The van der Waals surface area contributed by atoms with E-state index in [1.54, 1.807) is 32.3 Å². The van der Waals surface area contributed by atoms with E-state index in [2.05, 4.69) is 20.9 Å². The molecule has 3 rings (SSSR count). The van der Waals surface area contributed by atoms with Crippen LogP contribution in [0.4, 0.5) is 10.6 Å². The lowest BCUT2D eigenvalue weighted by Crippen LogP contribution is -2.59. The fraction of sp³-hybridized carbons (Fsp3) is 0.424. The summed E-state index contributed by atoms with van der Waals surface area (Å²) in [7, 11) is 0. The Hall–Kier alpha value is -4.71. The number of alkyl carbamates (subject to hydrolysis) is 1. The quantitative estimate of drug-likeness (QED) is 0.239. The average Bonchev–Trinajstić information content (AvgIpc) is 3.39. The van der Waals surface area contributed by atoms with Crippen LogP contribution in [0.25, 0.3) is 0 Å². The summed E-state index contributed by atoms with van der Waals surface area (Å²) in [5.74, 6) is -1.57. The highest BCUT2D eigenvalue weighted by Crippen LogP contribution is 2.23. The number of aryl methyl sites for hydroxylation is 1. The van der Waals surface area contributed by atoms with Crippen LogP contribution >= 0.6 is 0 Å². The van der Waals surface area contributed by atoms with Crippen molar-refractivity contribution in [1.29, 1.82) is 0 Å². The first-order valence-electron chi connectivity index (χ1n) is 14.7. The zero-order valence-electron chi connectivity index (χ0n) is 26.9. The van der Waals surface area contributed by atoms with Gasteiger partial charge < -0.3 is 34.7 Å². The maximum atomic E-state index is 13.5. The molecule has 3 aromatic rings. The number of nitrogens with one attached hydrogen (secondary N) is 3. The van der Waals surface area contributed by atoms with Gasteiger partial charge in [0.1, 0.15) is 17.2 Å². The molecule has 1 aromatic heterocycles. The van der Waals surface area contributed by atoms with Gasteiger partial charge in [-0.25, -0.2) is 14.6 Å². The van der Waals surface area contributed by atoms with Crippen LogP contribution in [0.1, 0.15) is 64.3 Å². The maximum absolute atomic E-state index is 13.5. The Morgan fingerprint density at radius 3 is 2.33 bits per heavy atom. The fourth-order valence-corrected chi connectivity index (χ4v) is 4.25. The van der Waals surface area contributed by atoms with Crippen LogP contribution in [0, 0.1) is 6.92 Å². The molecule has 12 heteroatoms. The second-order valence-corrected chi connectivity index (χ2v) is 12.0. The molecule has 45 heavy (non-hydrogen) atoms. The number of amides is 3. The molecule has 2 aromatic carbocycles. The van der Waals surface area contributed by atoms with E-state index in [4.69, 9.17) is 14.2 Å². The van der Waals surface area contributed by atoms with Crippen molar-refractivity contribution in [1.82, 2.24) is 20.2 Å². The number of anilines is 1. The third-order valence-corrected chi connectivity index (χ3v) is 6.42. The summed E-state index contributed by atoms with van der Waals surface area (Å²) in [5.41, 5.74) is 0.355. The van der Waals surface area contributed by atoms with Gasteiger partial charge in [0.25, 0.3) is 5.91 Å². The van der Waals surface area contributed by atoms with E-state index in [9.17, 15) is 19.2 Å². The van der Waals surface area contributed by atoms with Crippen molar-refractivity contribution in [2.45, 2.75) is 78.3 Å². The van der Waals surface area contributed by atoms with Crippen LogP contribution < -0.4 is 16.0 Å². The predicted molar refractivity (Wildman–Crippen MR) is 168 cm³/mol. The van der Waals surface area contributed by atoms with Crippen molar-refractivity contribution in [2.75, 3.05) is 18.5 Å². The second-order valence-electron chi connectivity index (χ2n) is 12.0. The van der Waals surface area contributed by atoms with Crippen molar-refractivity contribution >= 4 is 29.7 Å². The highest BCUT2D eigenvalue weighted by atomic mass is 16.6. The van der Waals surface area contributed by atoms with Gasteiger partial charge in [0, 0.05) is 6.20 Å². The zero-order chi connectivity index (χ0) is 33.2. The van der Waals surface area contributed by atoms with Crippen LogP contribution in [0.5, 0.6) is 0 Å². The Balaban J connectivity index is 1.79. The Morgan fingerprint density at radius 1 is 0.978 bits per heavy atom. The van der Waals surface area contributed by atoms with Gasteiger partial charge in [-0.15, -0.1) is 0 Å². The molecule has 3 amide bonds. The molecule has 0 aliphatic carbocycles. The first kappa shape index (κ1) is 34.8. The smallest absolute Gasteiger partial charge is 0.408 e. The summed E-state index contributed by atoms with van der Waals surface area (Å²) in [6.45, 7) is 12.0. The molecule has 2 atom stereocenters. The molecule has 0 aliphatic rings. The lowest BCUT2D eigenvalue weighted by atomic mass is 10.0. The topological polar surface area (TPSA) is 150 Å². The maximum Gasteiger partial charge on any atom is 0.408 e. The van der Waals surface area contributed by atoms with Crippen molar-refractivity contribution in [3.63, 3.8) is 0 Å². The third-order valence-electron chi connectivity index (χ3n) is 6.42. The number of aromatic nitrogens is 2. The number of nitrogens with zero attached hydrogens (tertiary/aromatic N) is 2. The first-order valence-corrected chi connectivity index (χ1v) is 14.7. The number of rotatable bonds is 13. The lowest BCUT2D eigenvalue weighted by molar-refractivity contribution is -0.145. The number of carbonyl (C=O) groups excluding carboxylic acids is 4. The molecule has 0 saturated heterocycles. The molecule has 12 nitrogen and oxygen atoms in total. The number of hydrogen-bond donors (Lipinski definition) is 3. The van der Waals surface area contributed by atoms with Crippen molar-refractivity contribution in [3.8, 4) is 0 Å². The molecule has 3 N–H and O–H groups in total. The molecule has 0 spiro atoms. The van der Waals surface area contributed by atoms with E-state index >= 15 is 0 Å². The molecule has 0 radical (unpaired) electrons. The van der Waals surface area contributed by atoms with Gasteiger partial charge in [-0.05, 0) is 59.6 Å². The van der Waals surface area contributed by atoms with Gasteiger partial charge in [0.2, 0.25) is 5.91 Å². The van der Waals surface area contributed by atoms with Gasteiger partial charge in [0.05, 0.1) is 26.1 Å². The van der Waals surface area contributed by atoms with Crippen molar-refractivity contribution in [2.24, 2.45) is 0 Å². The summed E-state index contributed by atoms with van der Waals surface area (Å²) in [5, 5.41) is 7.91. The Bertz CT molecular complexity index is 1460. The molecule has 242 valence electrons. The molecule has 1 heterocycles. The first-order chi connectivity index (χ1) is 21.2. The minimum absolute atomic E-state index is 0.149. The average molecular weight is 622 g/mol. The van der Waals surface area contributed by atoms with Crippen LogP contribution in [0.2, 0.25) is 0 Å². The Morgan fingerprint density at radius 2 is 1.69 bits per heavy atom. The summed E-state index contributed by atoms with van der Waals surface area (Å²) in [6, 6.07) is 14.8. The van der Waals surface area contributed by atoms with Gasteiger partial charge in [-0.1, -0.05) is 60.2 Å². The highest BCUT2D eigenvalue weighted by molar-refractivity contribution is 5.98. The summed E-state index contributed by atoms with van der Waals surface area (Å²) in [6.07, 6.45) is 2.16. The van der Waals surface area contributed by atoms with Crippen LogP contribution in [-0.2, 0) is 35.2 Å². The monoisotopic (exact) mass is 621 g/mol. The minimum Gasteiger partial charge on any atom is -0.464 e. The van der Waals surface area contributed by atoms with Gasteiger partial charge in [-0.3, -0.25) is 9.59 Å². The molecule has 0 fully saturated rings. The molecule has 0 bridgehead atoms. The summed E-state index contributed by atoms with van der Waals surface area (Å²) >= 11 is 0. The molecule has 0 saturated carbocycles. The van der Waals surface area contributed by atoms with Gasteiger partial charge in [-0.2, -0.15) is 0 Å². The molecular formula is C33H43N5O7. The van der Waals surface area contributed by atoms with E-state index in [1.807, 2.05) is 61.5 Å². The third kappa shape index (κ3) is 10.8. The van der Waals surface area contributed by atoms with Gasteiger partial charge in [0.15, 0.2) is 11.9 Å². The number of hydrogen-bond acceptors (Lipinski definition) is 8. The fourth-order valence-electron chi connectivity index (χ4n) is 4.25. The summed E-state index contributed by atoms with van der Waals surface area (Å²) < 4.78 is 17.9.